The molecular formula is C16H24N2O2. The van der Waals surface area contributed by atoms with Crippen molar-refractivity contribution in [1.82, 2.24) is 9.80 Å². The summed E-state index contributed by atoms with van der Waals surface area (Å²) < 4.78 is 0. The van der Waals surface area contributed by atoms with Gasteiger partial charge in [0.2, 0.25) is 0 Å². The highest BCUT2D eigenvalue weighted by Gasteiger charge is 2.28. The van der Waals surface area contributed by atoms with Crippen LogP contribution in [0.2, 0.25) is 0 Å². The van der Waals surface area contributed by atoms with Crippen LogP contribution in [0.3, 0.4) is 0 Å². The topological polar surface area (TPSA) is 43.8 Å². The Balaban J connectivity index is 2.06. The molecule has 2 rings (SSSR count). The summed E-state index contributed by atoms with van der Waals surface area (Å²) in [5.74, 6) is 0.0418. The molecule has 1 saturated carbocycles. The molecule has 0 saturated heterocycles. The second-order valence-electron chi connectivity index (χ2n) is 5.74. The molecule has 0 bridgehead atoms. The lowest BCUT2D eigenvalue weighted by atomic mass is 9.91. The second-order valence-corrected chi connectivity index (χ2v) is 5.74. The van der Waals surface area contributed by atoms with Crippen molar-refractivity contribution in [3.8, 4) is 0 Å². The van der Waals surface area contributed by atoms with Gasteiger partial charge in [-0.3, -0.25) is 4.79 Å². The summed E-state index contributed by atoms with van der Waals surface area (Å²) in [6.45, 7) is 1.33. The van der Waals surface area contributed by atoms with Gasteiger partial charge in [0, 0.05) is 24.7 Å². The van der Waals surface area contributed by atoms with Crippen molar-refractivity contribution in [3.05, 3.63) is 35.4 Å². The quantitative estimate of drug-likeness (QED) is 0.860. The summed E-state index contributed by atoms with van der Waals surface area (Å²) in [4.78, 5) is 16.4. The SMILES string of the molecule is CN(C)Cc1ccc(C(=O)N(CCO)C2CCC2)cc1. The van der Waals surface area contributed by atoms with Crippen LogP contribution in [-0.4, -0.2) is 54.1 Å². The lowest BCUT2D eigenvalue weighted by Gasteiger charge is -2.37. The monoisotopic (exact) mass is 276 g/mol. The minimum absolute atomic E-state index is 0.0287. The zero-order valence-corrected chi connectivity index (χ0v) is 12.4. The van der Waals surface area contributed by atoms with E-state index in [0.717, 1.165) is 19.4 Å². The smallest absolute Gasteiger partial charge is 0.254 e. The van der Waals surface area contributed by atoms with Crippen molar-refractivity contribution >= 4 is 5.91 Å². The Hall–Kier alpha value is -1.39. The van der Waals surface area contributed by atoms with E-state index < -0.39 is 0 Å². The third-order valence-electron chi connectivity index (χ3n) is 3.82. The Morgan fingerprint density at radius 3 is 2.35 bits per heavy atom. The van der Waals surface area contributed by atoms with Crippen LogP contribution in [0.25, 0.3) is 0 Å². The molecule has 110 valence electrons. The summed E-state index contributed by atoms with van der Waals surface area (Å²) in [5.41, 5.74) is 1.91. The first kappa shape index (κ1) is 15.0. The predicted octanol–water partition coefficient (Wildman–Crippen LogP) is 1.74. The number of carbonyl (C=O) groups excluding carboxylic acids is 1. The molecule has 1 aromatic carbocycles. The number of carbonyl (C=O) groups is 1. The first-order chi connectivity index (χ1) is 9.61. The van der Waals surface area contributed by atoms with Crippen molar-refractivity contribution in [3.63, 3.8) is 0 Å². The molecule has 0 aromatic heterocycles. The van der Waals surface area contributed by atoms with Gasteiger partial charge >= 0.3 is 0 Å². The van der Waals surface area contributed by atoms with E-state index in [2.05, 4.69) is 4.90 Å². The Morgan fingerprint density at radius 1 is 1.25 bits per heavy atom. The van der Waals surface area contributed by atoms with Crippen molar-refractivity contribution in [2.24, 2.45) is 0 Å². The summed E-state index contributed by atoms with van der Waals surface area (Å²) >= 11 is 0. The summed E-state index contributed by atoms with van der Waals surface area (Å²) in [5, 5.41) is 9.14. The van der Waals surface area contributed by atoms with Gasteiger partial charge in [-0.25, -0.2) is 0 Å². The van der Waals surface area contributed by atoms with E-state index in [9.17, 15) is 4.79 Å². The normalized spacial score (nSPS) is 15.2. The molecule has 4 nitrogen and oxygen atoms in total. The molecule has 0 radical (unpaired) electrons. The molecule has 1 aliphatic rings. The van der Waals surface area contributed by atoms with Gasteiger partial charge in [0.05, 0.1) is 6.61 Å². The van der Waals surface area contributed by atoms with E-state index in [1.807, 2.05) is 43.3 Å². The maximum atomic E-state index is 12.5. The third kappa shape index (κ3) is 3.58. The van der Waals surface area contributed by atoms with E-state index in [1.54, 1.807) is 0 Å². The van der Waals surface area contributed by atoms with E-state index in [0.29, 0.717) is 18.2 Å². The largest absolute Gasteiger partial charge is 0.395 e. The van der Waals surface area contributed by atoms with Crippen molar-refractivity contribution < 1.29 is 9.90 Å². The number of hydrogen-bond acceptors (Lipinski definition) is 3. The number of aliphatic hydroxyl groups excluding tert-OH is 1. The number of hydrogen-bond donors (Lipinski definition) is 1. The van der Waals surface area contributed by atoms with Gasteiger partial charge in [-0.2, -0.15) is 0 Å². The number of amides is 1. The molecule has 1 N–H and O–H groups in total. The molecule has 0 heterocycles. The Labute approximate surface area is 121 Å². The number of rotatable bonds is 6. The Morgan fingerprint density at radius 2 is 1.90 bits per heavy atom. The lowest BCUT2D eigenvalue weighted by Crippen LogP contribution is -2.45. The fourth-order valence-corrected chi connectivity index (χ4v) is 2.54. The average molecular weight is 276 g/mol. The van der Waals surface area contributed by atoms with Crippen LogP contribution in [0.15, 0.2) is 24.3 Å². The minimum atomic E-state index is 0.0287. The zero-order valence-electron chi connectivity index (χ0n) is 12.4. The van der Waals surface area contributed by atoms with Gasteiger partial charge in [0.15, 0.2) is 0 Å². The molecule has 0 spiro atoms. The Bertz CT molecular complexity index is 438. The van der Waals surface area contributed by atoms with Gasteiger partial charge in [-0.15, -0.1) is 0 Å². The maximum absolute atomic E-state index is 12.5. The van der Waals surface area contributed by atoms with Crippen LogP contribution >= 0.6 is 0 Å². The highest BCUT2D eigenvalue weighted by molar-refractivity contribution is 5.94. The van der Waals surface area contributed by atoms with Crippen LogP contribution in [0.5, 0.6) is 0 Å². The molecule has 1 aromatic rings. The Kier molecular flexibility index (Phi) is 5.15. The summed E-state index contributed by atoms with van der Waals surface area (Å²) in [7, 11) is 4.05. The van der Waals surface area contributed by atoms with Crippen LogP contribution in [0.4, 0.5) is 0 Å². The average Bonchev–Trinajstić information content (AvgIpc) is 2.35. The van der Waals surface area contributed by atoms with Crippen LogP contribution < -0.4 is 0 Å². The molecule has 1 amide bonds. The van der Waals surface area contributed by atoms with Crippen molar-refractivity contribution in [2.45, 2.75) is 31.8 Å². The fraction of sp³-hybridized carbons (Fsp3) is 0.562. The molecule has 1 fully saturated rings. The minimum Gasteiger partial charge on any atom is -0.395 e. The molecule has 0 atom stereocenters. The number of benzene rings is 1. The molecule has 0 unspecified atom stereocenters. The standard InChI is InChI=1S/C16H24N2O2/c1-17(2)12-13-6-8-14(9-7-13)16(20)18(10-11-19)15-4-3-5-15/h6-9,15,19H,3-5,10-12H2,1-2H3. The zero-order chi connectivity index (χ0) is 14.5. The molecule has 1 aliphatic carbocycles. The van der Waals surface area contributed by atoms with E-state index in [4.69, 9.17) is 5.11 Å². The van der Waals surface area contributed by atoms with Gasteiger partial charge in [0.1, 0.15) is 0 Å². The third-order valence-corrected chi connectivity index (χ3v) is 3.82. The van der Waals surface area contributed by atoms with Gasteiger partial charge in [-0.1, -0.05) is 12.1 Å². The molecule has 0 aliphatic heterocycles. The highest BCUT2D eigenvalue weighted by Crippen LogP contribution is 2.26. The van der Waals surface area contributed by atoms with E-state index in [1.165, 1.54) is 12.0 Å². The highest BCUT2D eigenvalue weighted by atomic mass is 16.3. The lowest BCUT2D eigenvalue weighted by molar-refractivity contribution is 0.0526. The van der Waals surface area contributed by atoms with E-state index in [-0.39, 0.29) is 12.5 Å². The molecule has 4 heteroatoms. The first-order valence-corrected chi connectivity index (χ1v) is 7.27. The van der Waals surface area contributed by atoms with Crippen molar-refractivity contribution in [1.29, 1.82) is 0 Å². The van der Waals surface area contributed by atoms with Crippen LogP contribution in [-0.2, 0) is 6.54 Å². The summed E-state index contributed by atoms with van der Waals surface area (Å²) in [6, 6.07) is 8.11. The van der Waals surface area contributed by atoms with Crippen LogP contribution in [0, 0.1) is 0 Å². The first-order valence-electron chi connectivity index (χ1n) is 7.27. The molecule has 20 heavy (non-hydrogen) atoms. The van der Waals surface area contributed by atoms with Crippen LogP contribution in [0.1, 0.15) is 35.2 Å². The number of nitrogens with zero attached hydrogens (tertiary/aromatic N) is 2. The molecular weight excluding hydrogens is 252 g/mol. The second kappa shape index (κ2) is 6.86. The fourth-order valence-electron chi connectivity index (χ4n) is 2.54. The van der Waals surface area contributed by atoms with E-state index >= 15 is 0 Å². The summed E-state index contributed by atoms with van der Waals surface area (Å²) in [6.07, 6.45) is 3.30. The van der Waals surface area contributed by atoms with Gasteiger partial charge in [-0.05, 0) is 51.1 Å². The predicted molar refractivity (Wildman–Crippen MR) is 79.6 cm³/mol. The number of aliphatic hydroxyl groups is 1. The maximum Gasteiger partial charge on any atom is 0.254 e. The van der Waals surface area contributed by atoms with Gasteiger partial charge in [0.25, 0.3) is 5.91 Å². The van der Waals surface area contributed by atoms with Crippen molar-refractivity contribution in [2.75, 3.05) is 27.2 Å². The van der Waals surface area contributed by atoms with Gasteiger partial charge < -0.3 is 14.9 Å².